The van der Waals surface area contributed by atoms with E-state index in [1.165, 1.54) is 12.0 Å². The Labute approximate surface area is 156 Å². The minimum atomic E-state index is -2.19. The maximum Gasteiger partial charge on any atom is 0.239 e. The van der Waals surface area contributed by atoms with Crippen LogP contribution in [0.2, 0.25) is 0 Å². The highest BCUT2D eigenvalue weighted by Gasteiger charge is 2.09. The SMILES string of the molecule is CC(C)S.FC(F)CCNCCCCCc1ccc2c(n1)NCCC2. The van der Waals surface area contributed by atoms with Crippen LogP contribution in [0.5, 0.6) is 0 Å². The van der Waals surface area contributed by atoms with Gasteiger partial charge in [0.2, 0.25) is 6.43 Å². The Balaban J connectivity index is 0.000000705. The lowest BCUT2D eigenvalue weighted by molar-refractivity contribution is 0.137. The van der Waals surface area contributed by atoms with Gasteiger partial charge in [0.1, 0.15) is 5.82 Å². The fourth-order valence-electron chi connectivity index (χ4n) is 2.58. The lowest BCUT2D eigenvalue weighted by Crippen LogP contribution is -2.18. The molecule has 3 nitrogen and oxygen atoms in total. The Morgan fingerprint density at radius 1 is 1.20 bits per heavy atom. The molecule has 2 rings (SSSR count). The Morgan fingerprint density at radius 2 is 1.96 bits per heavy atom. The molecule has 0 fully saturated rings. The summed E-state index contributed by atoms with van der Waals surface area (Å²) in [5.74, 6) is 1.06. The summed E-state index contributed by atoms with van der Waals surface area (Å²) in [7, 11) is 0. The average Bonchev–Trinajstić information content (AvgIpc) is 2.56. The monoisotopic (exact) mass is 373 g/mol. The second-order valence-corrected chi connectivity index (χ2v) is 7.71. The molecule has 1 aliphatic rings. The fraction of sp³-hybridized carbons (Fsp3) is 0.737. The number of hydrogen-bond acceptors (Lipinski definition) is 4. The molecule has 0 unspecified atom stereocenters. The highest BCUT2D eigenvalue weighted by Crippen LogP contribution is 2.20. The first kappa shape index (κ1) is 22.2. The van der Waals surface area contributed by atoms with Gasteiger partial charge >= 0.3 is 0 Å². The van der Waals surface area contributed by atoms with E-state index < -0.39 is 6.43 Å². The third-order valence-electron chi connectivity index (χ3n) is 3.78. The van der Waals surface area contributed by atoms with Crippen molar-refractivity contribution in [2.45, 2.75) is 70.5 Å². The predicted octanol–water partition coefficient (Wildman–Crippen LogP) is 4.72. The van der Waals surface area contributed by atoms with Crippen LogP contribution >= 0.6 is 12.6 Å². The van der Waals surface area contributed by atoms with Gasteiger partial charge in [0.15, 0.2) is 0 Å². The number of pyridine rings is 1. The van der Waals surface area contributed by atoms with Crippen molar-refractivity contribution in [3.63, 3.8) is 0 Å². The van der Waals surface area contributed by atoms with Crippen molar-refractivity contribution in [2.24, 2.45) is 0 Å². The first-order chi connectivity index (χ1) is 12.0. The Bertz CT molecular complexity index is 467. The van der Waals surface area contributed by atoms with Crippen LogP contribution in [0.4, 0.5) is 14.6 Å². The summed E-state index contributed by atoms with van der Waals surface area (Å²) < 4.78 is 23.8. The standard InChI is InChI=1S/C16H25F2N3.C3H8S/c17-15(18)9-12-19-10-3-1-2-6-14-8-7-13-5-4-11-20-16(13)21-14;1-3(2)4/h7-8,15,19H,1-6,9-12H2,(H,20,21);3-4H,1-2H3. The van der Waals surface area contributed by atoms with Crippen LogP contribution in [-0.2, 0) is 12.8 Å². The van der Waals surface area contributed by atoms with Crippen LogP contribution in [0.25, 0.3) is 0 Å². The number of unbranched alkanes of at least 4 members (excludes halogenated alkanes) is 2. The molecule has 0 spiro atoms. The smallest absolute Gasteiger partial charge is 0.239 e. The van der Waals surface area contributed by atoms with Gasteiger partial charge in [-0.1, -0.05) is 26.3 Å². The second kappa shape index (κ2) is 13.3. The highest BCUT2D eigenvalue weighted by molar-refractivity contribution is 7.80. The van der Waals surface area contributed by atoms with E-state index in [1.807, 2.05) is 13.8 Å². The summed E-state index contributed by atoms with van der Waals surface area (Å²) in [5.41, 5.74) is 2.47. The number of aromatic nitrogens is 1. The van der Waals surface area contributed by atoms with Gasteiger partial charge in [-0.05, 0) is 55.5 Å². The summed E-state index contributed by atoms with van der Waals surface area (Å²) in [5, 5.41) is 6.93. The number of thiol groups is 1. The van der Waals surface area contributed by atoms with Gasteiger partial charge in [-0.15, -0.1) is 0 Å². The number of nitrogens with zero attached hydrogens (tertiary/aromatic N) is 1. The molecule has 0 saturated heterocycles. The van der Waals surface area contributed by atoms with E-state index in [9.17, 15) is 8.78 Å². The summed E-state index contributed by atoms with van der Waals surface area (Å²) in [6, 6.07) is 4.32. The molecule has 2 N–H and O–H groups in total. The zero-order valence-electron chi connectivity index (χ0n) is 15.5. The van der Waals surface area contributed by atoms with Gasteiger partial charge in [-0.2, -0.15) is 12.6 Å². The molecule has 0 aromatic carbocycles. The van der Waals surface area contributed by atoms with Gasteiger partial charge in [0, 0.05) is 25.2 Å². The van der Waals surface area contributed by atoms with E-state index >= 15 is 0 Å². The molecule has 0 aliphatic carbocycles. The number of fused-ring (bicyclic) bond motifs is 1. The molecule has 1 aliphatic heterocycles. The Kier molecular flexibility index (Phi) is 11.8. The molecule has 2 heterocycles. The normalized spacial score (nSPS) is 13.2. The number of rotatable bonds is 9. The van der Waals surface area contributed by atoms with E-state index in [-0.39, 0.29) is 6.42 Å². The van der Waals surface area contributed by atoms with E-state index in [2.05, 4.69) is 40.4 Å². The summed E-state index contributed by atoms with van der Waals surface area (Å²) >= 11 is 3.97. The topological polar surface area (TPSA) is 37.0 Å². The van der Waals surface area contributed by atoms with Gasteiger partial charge in [0.25, 0.3) is 0 Å². The predicted molar refractivity (Wildman–Crippen MR) is 106 cm³/mol. The van der Waals surface area contributed by atoms with Crippen LogP contribution in [0.3, 0.4) is 0 Å². The minimum absolute atomic E-state index is 0.0496. The van der Waals surface area contributed by atoms with Crippen molar-refractivity contribution in [3.8, 4) is 0 Å². The van der Waals surface area contributed by atoms with E-state index in [0.29, 0.717) is 11.8 Å². The van der Waals surface area contributed by atoms with Crippen LogP contribution in [-0.4, -0.2) is 36.3 Å². The number of hydrogen-bond donors (Lipinski definition) is 3. The zero-order valence-corrected chi connectivity index (χ0v) is 16.4. The Morgan fingerprint density at radius 3 is 2.68 bits per heavy atom. The van der Waals surface area contributed by atoms with Crippen molar-refractivity contribution in [3.05, 3.63) is 23.4 Å². The first-order valence-electron chi connectivity index (χ1n) is 9.38. The molecule has 0 saturated carbocycles. The first-order valence-corrected chi connectivity index (χ1v) is 9.90. The molecule has 6 heteroatoms. The van der Waals surface area contributed by atoms with E-state index in [1.54, 1.807) is 0 Å². The van der Waals surface area contributed by atoms with E-state index in [4.69, 9.17) is 0 Å². The lowest BCUT2D eigenvalue weighted by atomic mass is 10.1. The summed E-state index contributed by atoms with van der Waals surface area (Å²) in [6.45, 7) is 6.32. The van der Waals surface area contributed by atoms with Crippen molar-refractivity contribution in [2.75, 3.05) is 25.0 Å². The molecular formula is C19H33F2N3S. The number of nitrogens with one attached hydrogen (secondary N) is 2. The van der Waals surface area contributed by atoms with Crippen LogP contribution < -0.4 is 10.6 Å². The quantitative estimate of drug-likeness (QED) is 0.433. The Hall–Kier alpha value is -0.880. The maximum absolute atomic E-state index is 11.9. The molecule has 1 aromatic heterocycles. The van der Waals surface area contributed by atoms with Gasteiger partial charge < -0.3 is 10.6 Å². The van der Waals surface area contributed by atoms with Crippen LogP contribution in [0, 0.1) is 0 Å². The van der Waals surface area contributed by atoms with Crippen molar-refractivity contribution in [1.29, 1.82) is 0 Å². The third kappa shape index (κ3) is 11.4. The molecule has 0 atom stereocenters. The highest BCUT2D eigenvalue weighted by atomic mass is 32.1. The number of aryl methyl sites for hydroxylation is 2. The summed E-state index contributed by atoms with van der Waals surface area (Å²) in [6.07, 6.45) is 4.30. The van der Waals surface area contributed by atoms with Gasteiger partial charge in [-0.25, -0.2) is 13.8 Å². The molecule has 144 valence electrons. The third-order valence-corrected chi connectivity index (χ3v) is 3.78. The largest absolute Gasteiger partial charge is 0.370 e. The fourth-order valence-corrected chi connectivity index (χ4v) is 2.58. The lowest BCUT2D eigenvalue weighted by Gasteiger charge is -2.17. The van der Waals surface area contributed by atoms with Crippen molar-refractivity contribution in [1.82, 2.24) is 10.3 Å². The summed E-state index contributed by atoms with van der Waals surface area (Å²) in [4.78, 5) is 4.67. The van der Waals surface area contributed by atoms with Crippen LogP contribution in [0.1, 0.15) is 57.2 Å². The molecule has 0 radical (unpaired) electrons. The number of halogens is 2. The number of alkyl halides is 2. The van der Waals surface area contributed by atoms with Crippen molar-refractivity contribution < 1.29 is 8.78 Å². The molecular weight excluding hydrogens is 340 g/mol. The van der Waals surface area contributed by atoms with Gasteiger partial charge in [0.05, 0.1) is 0 Å². The second-order valence-electron chi connectivity index (χ2n) is 6.67. The van der Waals surface area contributed by atoms with Crippen LogP contribution in [0.15, 0.2) is 12.1 Å². The van der Waals surface area contributed by atoms with E-state index in [0.717, 1.165) is 56.7 Å². The minimum Gasteiger partial charge on any atom is -0.370 e. The zero-order chi connectivity index (χ0) is 18.5. The maximum atomic E-state index is 11.9. The molecule has 25 heavy (non-hydrogen) atoms. The van der Waals surface area contributed by atoms with Gasteiger partial charge in [-0.3, -0.25) is 0 Å². The average molecular weight is 374 g/mol. The molecule has 1 aromatic rings. The molecule has 0 amide bonds. The van der Waals surface area contributed by atoms with Crippen molar-refractivity contribution >= 4 is 18.4 Å². The molecule has 0 bridgehead atoms. The number of anilines is 1.